The molecule has 1 aromatic heterocycles. The number of nitrogens with two attached hydrogens (primary N) is 1. The zero-order valence-corrected chi connectivity index (χ0v) is 13.8. The fourth-order valence-corrected chi connectivity index (χ4v) is 1.73. The Hall–Kier alpha value is -0.560. The summed E-state index contributed by atoms with van der Waals surface area (Å²) < 4.78 is 0.685. The van der Waals surface area contributed by atoms with E-state index in [1.807, 2.05) is 13.8 Å². The van der Waals surface area contributed by atoms with Crippen LogP contribution >= 0.6 is 40.7 Å². The van der Waals surface area contributed by atoms with Gasteiger partial charge in [-0.15, -0.1) is 24.8 Å². The second-order valence-corrected chi connectivity index (χ2v) is 5.20. The van der Waals surface area contributed by atoms with E-state index in [0.717, 1.165) is 0 Å². The van der Waals surface area contributed by atoms with Gasteiger partial charge in [0.1, 0.15) is 5.69 Å². The van der Waals surface area contributed by atoms with Crippen molar-refractivity contribution in [2.75, 3.05) is 5.32 Å². The molecule has 0 unspecified atom stereocenters. The van der Waals surface area contributed by atoms with E-state index < -0.39 is 6.04 Å². The standard InChI is InChI=1S/C11H16BrN3O2.2ClH/c1-6(2)3-8(13)10(16)15-9-4-7(12)5-14-11(9)17;;/h4-6,8H,3,13H2,1-2H3,(H,14,17)(H,15,16);2*1H/t8-;;/m0../s1. The van der Waals surface area contributed by atoms with Gasteiger partial charge in [0.05, 0.1) is 6.04 Å². The number of pyridine rings is 1. The highest BCUT2D eigenvalue weighted by Crippen LogP contribution is 2.11. The predicted molar refractivity (Wildman–Crippen MR) is 85.3 cm³/mol. The fraction of sp³-hybridized carbons (Fsp3) is 0.455. The van der Waals surface area contributed by atoms with Crippen molar-refractivity contribution < 1.29 is 4.79 Å². The normalized spacial score (nSPS) is 11.2. The van der Waals surface area contributed by atoms with Crippen LogP contribution in [0.5, 0.6) is 0 Å². The van der Waals surface area contributed by atoms with Crippen LogP contribution in [0.3, 0.4) is 0 Å². The summed E-state index contributed by atoms with van der Waals surface area (Å²) >= 11 is 3.21. The molecule has 8 heteroatoms. The molecule has 5 nitrogen and oxygen atoms in total. The quantitative estimate of drug-likeness (QED) is 0.755. The highest BCUT2D eigenvalue weighted by molar-refractivity contribution is 9.10. The number of aromatic nitrogens is 1. The van der Waals surface area contributed by atoms with Crippen LogP contribution in [0, 0.1) is 5.92 Å². The van der Waals surface area contributed by atoms with Gasteiger partial charge in [-0.05, 0) is 34.3 Å². The van der Waals surface area contributed by atoms with Gasteiger partial charge < -0.3 is 16.0 Å². The Labute approximate surface area is 132 Å². The lowest BCUT2D eigenvalue weighted by atomic mass is 10.0. The molecule has 19 heavy (non-hydrogen) atoms. The lowest BCUT2D eigenvalue weighted by Gasteiger charge is -2.13. The van der Waals surface area contributed by atoms with Crippen LogP contribution in [0.25, 0.3) is 0 Å². The summed E-state index contributed by atoms with van der Waals surface area (Å²) in [6.07, 6.45) is 2.09. The van der Waals surface area contributed by atoms with E-state index in [9.17, 15) is 9.59 Å². The molecule has 1 atom stereocenters. The summed E-state index contributed by atoms with van der Waals surface area (Å²) in [5, 5.41) is 2.52. The van der Waals surface area contributed by atoms with Gasteiger partial charge in [0, 0.05) is 10.7 Å². The summed E-state index contributed by atoms with van der Waals surface area (Å²) in [6.45, 7) is 3.97. The first-order valence-corrected chi connectivity index (χ1v) is 6.14. The lowest BCUT2D eigenvalue weighted by Crippen LogP contribution is -2.37. The topological polar surface area (TPSA) is 88.0 Å². The summed E-state index contributed by atoms with van der Waals surface area (Å²) in [4.78, 5) is 25.6. The van der Waals surface area contributed by atoms with E-state index in [-0.39, 0.29) is 42.0 Å². The molecule has 0 aliphatic heterocycles. The van der Waals surface area contributed by atoms with E-state index >= 15 is 0 Å². The van der Waals surface area contributed by atoms with Gasteiger partial charge in [-0.2, -0.15) is 0 Å². The lowest BCUT2D eigenvalue weighted by molar-refractivity contribution is -0.117. The van der Waals surface area contributed by atoms with Crippen molar-refractivity contribution in [2.24, 2.45) is 11.7 Å². The third-order valence-corrected chi connectivity index (χ3v) is 2.65. The summed E-state index contributed by atoms with van der Waals surface area (Å²) in [6, 6.07) is 0.937. The summed E-state index contributed by atoms with van der Waals surface area (Å²) in [7, 11) is 0. The molecule has 0 aliphatic rings. The van der Waals surface area contributed by atoms with E-state index in [4.69, 9.17) is 5.73 Å². The molecule has 0 bridgehead atoms. The molecule has 4 N–H and O–H groups in total. The molecular formula is C11H18BrCl2N3O2. The number of H-pyrrole nitrogens is 1. The van der Waals surface area contributed by atoms with E-state index in [0.29, 0.717) is 16.8 Å². The number of halogens is 3. The van der Waals surface area contributed by atoms with Gasteiger partial charge in [0.15, 0.2) is 0 Å². The maximum atomic E-state index is 11.7. The van der Waals surface area contributed by atoms with E-state index in [1.165, 1.54) is 6.20 Å². The molecule has 110 valence electrons. The van der Waals surface area contributed by atoms with Gasteiger partial charge in [-0.1, -0.05) is 13.8 Å². The van der Waals surface area contributed by atoms with Gasteiger partial charge in [0.25, 0.3) is 5.56 Å². The summed E-state index contributed by atoms with van der Waals surface area (Å²) in [5.41, 5.74) is 5.57. The fourth-order valence-electron chi connectivity index (χ4n) is 1.39. The smallest absolute Gasteiger partial charge is 0.271 e. The van der Waals surface area contributed by atoms with Crippen LogP contribution in [-0.4, -0.2) is 16.9 Å². The highest BCUT2D eigenvalue weighted by Gasteiger charge is 2.16. The van der Waals surface area contributed by atoms with Crippen molar-refractivity contribution in [1.82, 2.24) is 4.98 Å². The number of hydrogen-bond acceptors (Lipinski definition) is 3. The van der Waals surface area contributed by atoms with Crippen LogP contribution in [0.15, 0.2) is 21.5 Å². The monoisotopic (exact) mass is 373 g/mol. The first-order chi connectivity index (χ1) is 7.90. The molecule has 0 saturated carbocycles. The third kappa shape index (κ3) is 6.96. The largest absolute Gasteiger partial charge is 0.326 e. The highest BCUT2D eigenvalue weighted by atomic mass is 79.9. The molecule has 0 aromatic carbocycles. The van der Waals surface area contributed by atoms with Crippen molar-refractivity contribution in [2.45, 2.75) is 26.3 Å². The van der Waals surface area contributed by atoms with Gasteiger partial charge >= 0.3 is 0 Å². The minimum absolute atomic E-state index is 0. The Morgan fingerprint density at radius 3 is 2.58 bits per heavy atom. The molecule has 1 aromatic rings. The molecule has 0 saturated heterocycles. The van der Waals surface area contributed by atoms with E-state index in [2.05, 4.69) is 26.2 Å². The first kappa shape index (κ1) is 20.8. The number of carbonyl (C=O) groups is 1. The number of amides is 1. The Morgan fingerprint density at radius 1 is 1.47 bits per heavy atom. The van der Waals surface area contributed by atoms with Crippen LogP contribution in [0.2, 0.25) is 0 Å². The number of aromatic amines is 1. The van der Waals surface area contributed by atoms with Crippen LogP contribution in [-0.2, 0) is 4.79 Å². The number of hydrogen-bond donors (Lipinski definition) is 3. The zero-order valence-electron chi connectivity index (χ0n) is 10.6. The number of carbonyl (C=O) groups excluding carboxylic acids is 1. The Bertz CT molecular complexity index is 465. The number of anilines is 1. The zero-order chi connectivity index (χ0) is 13.0. The van der Waals surface area contributed by atoms with E-state index in [1.54, 1.807) is 6.07 Å². The molecule has 0 aliphatic carbocycles. The molecule has 0 fully saturated rings. The Kier molecular flexibility index (Phi) is 10.2. The molecular weight excluding hydrogens is 357 g/mol. The average molecular weight is 375 g/mol. The maximum Gasteiger partial charge on any atom is 0.271 e. The number of nitrogens with one attached hydrogen (secondary N) is 2. The van der Waals surface area contributed by atoms with Gasteiger partial charge in [0.2, 0.25) is 5.91 Å². The van der Waals surface area contributed by atoms with Crippen molar-refractivity contribution in [3.05, 3.63) is 27.1 Å². The third-order valence-electron chi connectivity index (χ3n) is 2.19. The van der Waals surface area contributed by atoms with Gasteiger partial charge in [-0.3, -0.25) is 9.59 Å². The molecule has 0 radical (unpaired) electrons. The molecule has 0 spiro atoms. The number of rotatable bonds is 4. The van der Waals surface area contributed by atoms with Crippen LogP contribution in [0.4, 0.5) is 5.69 Å². The SMILES string of the molecule is CC(C)C[C@H](N)C(=O)Nc1cc(Br)c[nH]c1=O.Cl.Cl. The maximum absolute atomic E-state index is 11.7. The van der Waals surface area contributed by atoms with Crippen LogP contribution < -0.4 is 16.6 Å². The Morgan fingerprint density at radius 2 is 2.05 bits per heavy atom. The minimum Gasteiger partial charge on any atom is -0.326 e. The van der Waals surface area contributed by atoms with Gasteiger partial charge in [-0.25, -0.2) is 0 Å². The molecule has 1 heterocycles. The Balaban J connectivity index is 0. The second-order valence-electron chi connectivity index (χ2n) is 4.29. The van der Waals surface area contributed by atoms with Crippen molar-refractivity contribution in [3.8, 4) is 0 Å². The average Bonchev–Trinajstić information content (AvgIpc) is 2.22. The second kappa shape index (κ2) is 9.36. The van der Waals surface area contributed by atoms with Crippen molar-refractivity contribution >= 4 is 52.3 Å². The molecule has 1 rings (SSSR count). The van der Waals surface area contributed by atoms with Crippen molar-refractivity contribution in [3.63, 3.8) is 0 Å². The minimum atomic E-state index is -0.603. The molecule has 1 amide bonds. The predicted octanol–water partition coefficient (Wildman–Crippen LogP) is 2.29. The van der Waals surface area contributed by atoms with Crippen molar-refractivity contribution in [1.29, 1.82) is 0 Å². The summed E-state index contributed by atoms with van der Waals surface area (Å²) in [5.74, 6) is -0.0150. The van der Waals surface area contributed by atoms with Crippen LogP contribution in [0.1, 0.15) is 20.3 Å². The first-order valence-electron chi connectivity index (χ1n) is 5.35.